The smallest absolute Gasteiger partial charge is 0.134 e. The van der Waals surface area contributed by atoms with Gasteiger partial charge in [-0.1, -0.05) is 19.8 Å². The molecule has 25 heavy (non-hydrogen) atoms. The molecule has 6 heteroatoms. The average molecular weight is 348 g/mol. The average Bonchev–Trinajstić information content (AvgIpc) is 3.09. The van der Waals surface area contributed by atoms with Crippen LogP contribution >= 0.6 is 0 Å². The molecule has 0 aromatic carbocycles. The summed E-state index contributed by atoms with van der Waals surface area (Å²) in [6, 6.07) is 2.22. The maximum Gasteiger partial charge on any atom is 0.134 e. The summed E-state index contributed by atoms with van der Waals surface area (Å²) in [7, 11) is 4.39. The van der Waals surface area contributed by atoms with Crippen LogP contribution in [0.25, 0.3) is 0 Å². The SMILES string of the molecule is CC1CCCC(CNc2cc(N3CCCC3CO)ncn2)(N(C)C)C1. The maximum absolute atomic E-state index is 9.55. The third-order valence-corrected chi connectivity index (χ3v) is 6.15. The van der Waals surface area contributed by atoms with Gasteiger partial charge in [-0.3, -0.25) is 0 Å². The Kier molecular flexibility index (Phi) is 5.79. The molecule has 3 atom stereocenters. The van der Waals surface area contributed by atoms with E-state index in [4.69, 9.17) is 0 Å². The van der Waals surface area contributed by atoms with Gasteiger partial charge in [0.1, 0.15) is 18.0 Å². The summed E-state index contributed by atoms with van der Waals surface area (Å²) in [6.07, 6.45) is 8.87. The van der Waals surface area contributed by atoms with E-state index in [1.54, 1.807) is 6.33 Å². The van der Waals surface area contributed by atoms with Crippen LogP contribution in [-0.4, -0.2) is 65.3 Å². The predicted octanol–water partition coefficient (Wildman–Crippen LogP) is 2.36. The molecule has 1 aliphatic heterocycles. The first-order valence-corrected chi connectivity index (χ1v) is 9.65. The number of rotatable bonds is 6. The van der Waals surface area contributed by atoms with E-state index in [1.807, 2.05) is 6.07 Å². The van der Waals surface area contributed by atoms with E-state index in [0.717, 1.165) is 43.5 Å². The summed E-state index contributed by atoms with van der Waals surface area (Å²) in [4.78, 5) is 13.5. The monoisotopic (exact) mass is 347 g/mol. The van der Waals surface area contributed by atoms with E-state index in [9.17, 15) is 5.11 Å². The Morgan fingerprint density at radius 3 is 2.88 bits per heavy atom. The molecular formula is C19H33N5O. The minimum atomic E-state index is 0.189. The van der Waals surface area contributed by atoms with Crippen LogP contribution < -0.4 is 10.2 Å². The summed E-state index contributed by atoms with van der Waals surface area (Å²) in [5, 5.41) is 13.1. The number of anilines is 2. The fourth-order valence-corrected chi connectivity index (χ4v) is 4.54. The van der Waals surface area contributed by atoms with E-state index in [1.165, 1.54) is 25.7 Å². The molecule has 6 nitrogen and oxygen atoms in total. The normalized spacial score (nSPS) is 30.0. The van der Waals surface area contributed by atoms with Gasteiger partial charge in [-0.15, -0.1) is 0 Å². The topological polar surface area (TPSA) is 64.5 Å². The molecule has 1 aliphatic carbocycles. The number of nitrogens with one attached hydrogen (secondary N) is 1. The molecule has 140 valence electrons. The van der Waals surface area contributed by atoms with Gasteiger partial charge in [0.05, 0.1) is 12.6 Å². The van der Waals surface area contributed by atoms with Crippen LogP contribution in [0.3, 0.4) is 0 Å². The van der Waals surface area contributed by atoms with Gasteiger partial charge in [0.2, 0.25) is 0 Å². The van der Waals surface area contributed by atoms with Crippen molar-refractivity contribution in [2.24, 2.45) is 5.92 Å². The van der Waals surface area contributed by atoms with E-state index in [2.05, 4.69) is 46.1 Å². The highest BCUT2D eigenvalue weighted by atomic mass is 16.3. The molecule has 0 bridgehead atoms. The zero-order valence-electron chi connectivity index (χ0n) is 15.9. The van der Waals surface area contributed by atoms with E-state index < -0.39 is 0 Å². The standard InChI is InChI=1S/C19H33N5O/c1-15-6-4-8-19(11-15,23(2)3)13-20-17-10-18(22-14-21-17)24-9-5-7-16(24)12-25/h10,14-16,25H,4-9,11-13H2,1-3H3,(H,20,21,22). The second-order valence-corrected chi connectivity index (χ2v) is 8.11. The number of nitrogens with zero attached hydrogens (tertiary/aromatic N) is 4. The highest BCUT2D eigenvalue weighted by Gasteiger charge is 2.36. The summed E-state index contributed by atoms with van der Waals surface area (Å²) < 4.78 is 0. The highest BCUT2D eigenvalue weighted by molar-refractivity contribution is 5.50. The van der Waals surface area contributed by atoms with Crippen LogP contribution in [0, 0.1) is 5.92 Å². The molecule has 0 spiro atoms. The Morgan fingerprint density at radius 1 is 1.32 bits per heavy atom. The Hall–Kier alpha value is -1.40. The first kappa shape index (κ1) is 18.4. The fraction of sp³-hybridized carbons (Fsp3) is 0.789. The van der Waals surface area contributed by atoms with Crippen LogP contribution in [0.5, 0.6) is 0 Å². The van der Waals surface area contributed by atoms with Crippen molar-refractivity contribution in [3.05, 3.63) is 12.4 Å². The molecule has 1 saturated heterocycles. The van der Waals surface area contributed by atoms with Crippen molar-refractivity contribution in [1.82, 2.24) is 14.9 Å². The van der Waals surface area contributed by atoms with Gasteiger partial charge in [0.25, 0.3) is 0 Å². The van der Waals surface area contributed by atoms with E-state index >= 15 is 0 Å². The van der Waals surface area contributed by atoms with Crippen molar-refractivity contribution in [1.29, 1.82) is 0 Å². The quantitative estimate of drug-likeness (QED) is 0.824. The van der Waals surface area contributed by atoms with Crippen molar-refractivity contribution in [3.8, 4) is 0 Å². The summed E-state index contributed by atoms with van der Waals surface area (Å²) in [5.41, 5.74) is 0.198. The summed E-state index contributed by atoms with van der Waals surface area (Å²) in [6.45, 7) is 4.42. The van der Waals surface area contributed by atoms with Crippen molar-refractivity contribution in [3.63, 3.8) is 0 Å². The third-order valence-electron chi connectivity index (χ3n) is 6.15. The molecule has 2 fully saturated rings. The molecule has 1 saturated carbocycles. The number of aliphatic hydroxyl groups excluding tert-OH is 1. The molecule has 0 amide bonds. The molecule has 3 unspecified atom stereocenters. The van der Waals surface area contributed by atoms with Crippen LogP contribution in [0.1, 0.15) is 45.4 Å². The summed E-state index contributed by atoms with van der Waals surface area (Å²) in [5.74, 6) is 2.58. The Labute approximate surface area is 151 Å². The van der Waals surface area contributed by atoms with Crippen molar-refractivity contribution in [2.75, 3.05) is 44.0 Å². The fourth-order valence-electron chi connectivity index (χ4n) is 4.54. The lowest BCUT2D eigenvalue weighted by molar-refractivity contribution is 0.0881. The first-order valence-electron chi connectivity index (χ1n) is 9.65. The van der Waals surface area contributed by atoms with Gasteiger partial charge >= 0.3 is 0 Å². The molecular weight excluding hydrogens is 314 g/mol. The zero-order chi connectivity index (χ0) is 17.9. The molecule has 2 N–H and O–H groups in total. The van der Waals surface area contributed by atoms with Gasteiger partial charge in [0.15, 0.2) is 0 Å². The number of hydrogen-bond donors (Lipinski definition) is 2. The maximum atomic E-state index is 9.55. The molecule has 2 aliphatic rings. The molecule has 1 aromatic heterocycles. The second-order valence-electron chi connectivity index (χ2n) is 8.11. The number of aliphatic hydroxyl groups is 1. The van der Waals surface area contributed by atoms with Gasteiger partial charge in [0, 0.05) is 24.7 Å². The Morgan fingerprint density at radius 2 is 2.16 bits per heavy atom. The third kappa shape index (κ3) is 4.06. The van der Waals surface area contributed by atoms with Crippen LogP contribution in [0.4, 0.5) is 11.6 Å². The van der Waals surface area contributed by atoms with Gasteiger partial charge in [-0.2, -0.15) is 0 Å². The Balaban J connectivity index is 1.69. The van der Waals surface area contributed by atoms with E-state index in [0.29, 0.717) is 0 Å². The first-order chi connectivity index (χ1) is 12.0. The van der Waals surface area contributed by atoms with Crippen LogP contribution in [0.2, 0.25) is 0 Å². The van der Waals surface area contributed by atoms with Crippen LogP contribution in [-0.2, 0) is 0 Å². The molecule has 0 radical (unpaired) electrons. The van der Waals surface area contributed by atoms with E-state index in [-0.39, 0.29) is 18.2 Å². The van der Waals surface area contributed by atoms with Gasteiger partial charge in [-0.25, -0.2) is 9.97 Å². The number of aromatic nitrogens is 2. The lowest BCUT2D eigenvalue weighted by atomic mass is 9.75. The lowest BCUT2D eigenvalue weighted by Crippen LogP contribution is -2.52. The summed E-state index contributed by atoms with van der Waals surface area (Å²) >= 11 is 0. The Bertz CT molecular complexity index is 567. The van der Waals surface area contributed by atoms with Crippen LogP contribution in [0.15, 0.2) is 12.4 Å². The minimum absolute atomic E-state index is 0.189. The van der Waals surface area contributed by atoms with Crippen molar-refractivity contribution >= 4 is 11.6 Å². The number of hydrogen-bond acceptors (Lipinski definition) is 6. The van der Waals surface area contributed by atoms with Crippen molar-refractivity contribution in [2.45, 2.75) is 57.0 Å². The molecule has 2 heterocycles. The second kappa shape index (κ2) is 7.87. The van der Waals surface area contributed by atoms with Gasteiger partial charge in [-0.05, 0) is 45.7 Å². The molecule has 3 rings (SSSR count). The predicted molar refractivity (Wildman–Crippen MR) is 102 cm³/mol. The van der Waals surface area contributed by atoms with Crippen molar-refractivity contribution < 1.29 is 5.11 Å². The lowest BCUT2D eigenvalue weighted by Gasteiger charge is -2.45. The van der Waals surface area contributed by atoms with Gasteiger partial charge < -0.3 is 20.2 Å². The highest BCUT2D eigenvalue weighted by Crippen LogP contribution is 2.36. The zero-order valence-corrected chi connectivity index (χ0v) is 15.9. The molecule has 1 aromatic rings. The minimum Gasteiger partial charge on any atom is -0.394 e. The largest absolute Gasteiger partial charge is 0.394 e. The number of likely N-dealkylation sites (N-methyl/N-ethyl adjacent to an activating group) is 1.